The molecule has 2 N–H and O–H groups in total. The van der Waals surface area contributed by atoms with Gasteiger partial charge in [0.1, 0.15) is 5.75 Å². The minimum atomic E-state index is -2.88. The molecule has 0 spiro atoms. The quantitative estimate of drug-likeness (QED) is 0.861. The van der Waals surface area contributed by atoms with E-state index in [-0.39, 0.29) is 11.6 Å². The largest absolute Gasteiger partial charge is 0.496 e. The first-order valence-electron chi connectivity index (χ1n) is 5.16. The van der Waals surface area contributed by atoms with Crippen LogP contribution in [-0.4, -0.2) is 13.2 Å². The Bertz CT molecular complexity index is 359. The number of hydrogen-bond donors (Lipinski definition) is 1. The summed E-state index contributed by atoms with van der Waals surface area (Å²) < 4.78 is 31.9. The average molecular weight is 229 g/mol. The van der Waals surface area contributed by atoms with Crippen molar-refractivity contribution in [3.05, 3.63) is 29.3 Å². The van der Waals surface area contributed by atoms with Gasteiger partial charge in [0.2, 0.25) is 0 Å². The van der Waals surface area contributed by atoms with Gasteiger partial charge in [0.05, 0.1) is 7.11 Å². The third kappa shape index (κ3) is 2.92. The van der Waals surface area contributed by atoms with Gasteiger partial charge < -0.3 is 10.5 Å². The lowest BCUT2D eigenvalue weighted by Crippen LogP contribution is -2.21. The Morgan fingerprint density at radius 2 is 2.06 bits per heavy atom. The second kappa shape index (κ2) is 4.78. The standard InChI is InChI=1S/C12H17F2NO/c1-8(15)7-9-10(12(2,13)14)5-4-6-11(9)16-3/h4-6,8H,7,15H2,1-3H3. The Hall–Kier alpha value is -1.16. The molecule has 1 rings (SSSR count). The smallest absolute Gasteiger partial charge is 0.270 e. The van der Waals surface area contributed by atoms with E-state index < -0.39 is 5.92 Å². The summed E-state index contributed by atoms with van der Waals surface area (Å²) in [5.41, 5.74) is 6.14. The topological polar surface area (TPSA) is 35.2 Å². The van der Waals surface area contributed by atoms with Crippen molar-refractivity contribution in [3.8, 4) is 5.75 Å². The predicted octanol–water partition coefficient (Wildman–Crippen LogP) is 2.70. The van der Waals surface area contributed by atoms with Gasteiger partial charge >= 0.3 is 0 Å². The van der Waals surface area contributed by atoms with Crippen LogP contribution in [0.15, 0.2) is 18.2 Å². The van der Waals surface area contributed by atoms with E-state index in [1.807, 2.05) is 0 Å². The molecule has 0 bridgehead atoms. The Kier molecular flexibility index (Phi) is 3.86. The van der Waals surface area contributed by atoms with Crippen molar-refractivity contribution in [1.82, 2.24) is 0 Å². The van der Waals surface area contributed by atoms with Gasteiger partial charge in [-0.15, -0.1) is 0 Å². The zero-order chi connectivity index (χ0) is 12.3. The fraction of sp³-hybridized carbons (Fsp3) is 0.500. The van der Waals surface area contributed by atoms with Crippen LogP contribution in [0, 0.1) is 0 Å². The van der Waals surface area contributed by atoms with Gasteiger partial charge in [-0.1, -0.05) is 12.1 Å². The lowest BCUT2D eigenvalue weighted by Gasteiger charge is -2.19. The molecule has 0 aromatic heterocycles. The van der Waals surface area contributed by atoms with Crippen molar-refractivity contribution in [2.75, 3.05) is 7.11 Å². The second-order valence-electron chi connectivity index (χ2n) is 4.06. The second-order valence-corrected chi connectivity index (χ2v) is 4.06. The minimum absolute atomic E-state index is 0.0100. The third-order valence-corrected chi connectivity index (χ3v) is 2.35. The Morgan fingerprint density at radius 3 is 2.50 bits per heavy atom. The number of alkyl halides is 2. The first kappa shape index (κ1) is 12.9. The van der Waals surface area contributed by atoms with Crippen LogP contribution in [-0.2, 0) is 12.3 Å². The molecule has 0 saturated carbocycles. The number of rotatable bonds is 4. The summed E-state index contributed by atoms with van der Waals surface area (Å²) in [7, 11) is 1.47. The van der Waals surface area contributed by atoms with Crippen LogP contribution in [0.5, 0.6) is 5.75 Å². The highest BCUT2D eigenvalue weighted by Crippen LogP contribution is 2.34. The molecule has 90 valence electrons. The summed E-state index contributed by atoms with van der Waals surface area (Å²) >= 11 is 0. The molecular formula is C12H17F2NO. The van der Waals surface area contributed by atoms with E-state index in [2.05, 4.69) is 0 Å². The maximum atomic E-state index is 13.4. The summed E-state index contributed by atoms with van der Waals surface area (Å²) in [6, 6.07) is 4.47. The van der Waals surface area contributed by atoms with Crippen molar-refractivity contribution >= 4 is 0 Å². The van der Waals surface area contributed by atoms with E-state index in [1.54, 1.807) is 19.1 Å². The number of hydrogen-bond acceptors (Lipinski definition) is 2. The maximum absolute atomic E-state index is 13.4. The summed E-state index contributed by atoms with van der Waals surface area (Å²) in [6.45, 7) is 2.66. The van der Waals surface area contributed by atoms with Crippen molar-refractivity contribution in [2.45, 2.75) is 32.2 Å². The fourth-order valence-electron chi connectivity index (χ4n) is 1.70. The third-order valence-electron chi connectivity index (χ3n) is 2.35. The minimum Gasteiger partial charge on any atom is -0.496 e. The van der Waals surface area contributed by atoms with Crippen LogP contribution in [0.4, 0.5) is 8.78 Å². The molecule has 1 aromatic rings. The monoisotopic (exact) mass is 229 g/mol. The van der Waals surface area contributed by atoms with Crippen molar-refractivity contribution in [2.24, 2.45) is 5.73 Å². The number of methoxy groups -OCH3 is 1. The lowest BCUT2D eigenvalue weighted by atomic mass is 9.96. The zero-order valence-electron chi connectivity index (χ0n) is 9.76. The Labute approximate surface area is 94.4 Å². The SMILES string of the molecule is COc1cccc(C(C)(F)F)c1CC(C)N. The van der Waals surface area contributed by atoms with Crippen LogP contribution < -0.4 is 10.5 Å². The van der Waals surface area contributed by atoms with E-state index in [0.717, 1.165) is 6.92 Å². The first-order valence-corrected chi connectivity index (χ1v) is 5.16. The summed E-state index contributed by atoms with van der Waals surface area (Å²) in [6.07, 6.45) is 0.378. The molecule has 0 aliphatic heterocycles. The number of halogens is 2. The molecule has 0 aliphatic carbocycles. The molecule has 16 heavy (non-hydrogen) atoms. The molecule has 0 aliphatic rings. The summed E-state index contributed by atoms with van der Waals surface area (Å²) in [5.74, 6) is -2.41. The highest BCUT2D eigenvalue weighted by atomic mass is 19.3. The Balaban J connectivity index is 3.26. The Morgan fingerprint density at radius 1 is 1.44 bits per heavy atom. The molecule has 0 amide bonds. The maximum Gasteiger partial charge on any atom is 0.270 e. The molecule has 1 unspecified atom stereocenters. The van der Waals surface area contributed by atoms with Gasteiger partial charge in [0, 0.05) is 24.1 Å². The molecule has 1 atom stereocenters. The van der Waals surface area contributed by atoms with E-state index in [9.17, 15) is 8.78 Å². The first-order chi connectivity index (χ1) is 7.36. The van der Waals surface area contributed by atoms with Crippen LogP contribution in [0.3, 0.4) is 0 Å². The van der Waals surface area contributed by atoms with Gasteiger partial charge in [0.15, 0.2) is 0 Å². The van der Waals surface area contributed by atoms with Crippen LogP contribution >= 0.6 is 0 Å². The molecule has 0 radical (unpaired) electrons. The molecule has 0 heterocycles. The molecular weight excluding hydrogens is 212 g/mol. The highest BCUT2D eigenvalue weighted by Gasteiger charge is 2.29. The lowest BCUT2D eigenvalue weighted by molar-refractivity contribution is 0.0162. The molecule has 0 saturated heterocycles. The highest BCUT2D eigenvalue weighted by molar-refractivity contribution is 5.42. The average Bonchev–Trinajstić information content (AvgIpc) is 2.15. The number of nitrogens with two attached hydrogens (primary N) is 1. The molecule has 4 heteroatoms. The van der Waals surface area contributed by atoms with Gasteiger partial charge in [-0.25, -0.2) is 8.78 Å². The zero-order valence-corrected chi connectivity index (χ0v) is 9.76. The van der Waals surface area contributed by atoms with E-state index in [1.165, 1.54) is 13.2 Å². The fourth-order valence-corrected chi connectivity index (χ4v) is 1.70. The predicted molar refractivity (Wildman–Crippen MR) is 59.9 cm³/mol. The van der Waals surface area contributed by atoms with Gasteiger partial charge in [-0.2, -0.15) is 0 Å². The normalized spacial score (nSPS) is 13.6. The van der Waals surface area contributed by atoms with Gasteiger partial charge in [-0.05, 0) is 19.4 Å². The van der Waals surface area contributed by atoms with E-state index in [4.69, 9.17) is 10.5 Å². The van der Waals surface area contributed by atoms with Crippen molar-refractivity contribution in [1.29, 1.82) is 0 Å². The van der Waals surface area contributed by atoms with Gasteiger partial charge in [-0.3, -0.25) is 0 Å². The van der Waals surface area contributed by atoms with Crippen LogP contribution in [0.2, 0.25) is 0 Å². The molecule has 0 fully saturated rings. The number of benzene rings is 1. The van der Waals surface area contributed by atoms with Crippen molar-refractivity contribution < 1.29 is 13.5 Å². The van der Waals surface area contributed by atoms with Gasteiger partial charge in [0.25, 0.3) is 5.92 Å². The molecule has 1 aromatic carbocycles. The number of ether oxygens (including phenoxy) is 1. The van der Waals surface area contributed by atoms with Crippen LogP contribution in [0.25, 0.3) is 0 Å². The summed E-state index contributed by atoms with van der Waals surface area (Å²) in [5, 5.41) is 0. The summed E-state index contributed by atoms with van der Waals surface area (Å²) in [4.78, 5) is 0. The van der Waals surface area contributed by atoms with E-state index in [0.29, 0.717) is 17.7 Å². The molecule has 2 nitrogen and oxygen atoms in total. The van der Waals surface area contributed by atoms with Crippen molar-refractivity contribution in [3.63, 3.8) is 0 Å². The van der Waals surface area contributed by atoms with Crippen LogP contribution in [0.1, 0.15) is 25.0 Å². The van der Waals surface area contributed by atoms with E-state index >= 15 is 0 Å².